The summed E-state index contributed by atoms with van der Waals surface area (Å²) in [5, 5.41) is 6.19. The minimum absolute atomic E-state index is 0.0792. The minimum Gasteiger partial charge on any atom is -0.378 e. The summed E-state index contributed by atoms with van der Waals surface area (Å²) in [5.74, 6) is 0. The molecule has 0 fully saturated rings. The molecule has 17 heavy (non-hydrogen) atoms. The molecule has 6 heteroatoms. The predicted octanol–water partition coefficient (Wildman–Crippen LogP) is 2.31. The van der Waals surface area contributed by atoms with E-state index in [-0.39, 0.29) is 16.0 Å². The van der Waals surface area contributed by atoms with Crippen molar-refractivity contribution in [3.63, 3.8) is 0 Å². The van der Waals surface area contributed by atoms with Crippen LogP contribution in [0.2, 0.25) is 0 Å². The summed E-state index contributed by atoms with van der Waals surface area (Å²) in [6.45, 7) is 1.59. The first-order chi connectivity index (χ1) is 7.80. The van der Waals surface area contributed by atoms with Crippen LogP contribution >= 0.6 is 0 Å². The maximum absolute atomic E-state index is 13.8. The van der Waals surface area contributed by atoms with Gasteiger partial charge in [-0.25, -0.2) is 8.60 Å². The second-order valence-electron chi connectivity index (χ2n) is 4.49. The van der Waals surface area contributed by atoms with Crippen molar-refractivity contribution in [3.05, 3.63) is 28.8 Å². The molecule has 2 aliphatic rings. The van der Waals surface area contributed by atoms with Gasteiger partial charge in [0, 0.05) is 12.0 Å². The van der Waals surface area contributed by atoms with Crippen molar-refractivity contribution in [1.82, 2.24) is 0 Å². The molecule has 0 aromatic heterocycles. The van der Waals surface area contributed by atoms with Crippen LogP contribution in [0.4, 0.5) is 13.2 Å². The second kappa shape index (κ2) is 2.92. The molecule has 3 rings (SSSR count). The van der Waals surface area contributed by atoms with Gasteiger partial charge in [0.1, 0.15) is 17.0 Å². The minimum atomic E-state index is -3.82. The Morgan fingerprint density at radius 3 is 2.76 bits per heavy atom. The van der Waals surface area contributed by atoms with Crippen molar-refractivity contribution < 1.29 is 22.5 Å². The zero-order chi connectivity index (χ0) is 12.6. The number of alkyl halides is 3. The largest absolute Gasteiger partial charge is 0.378 e. The zero-order valence-corrected chi connectivity index (χ0v) is 9.65. The highest BCUT2D eigenvalue weighted by Gasteiger charge is 2.69. The fourth-order valence-electron chi connectivity index (χ4n) is 2.71. The van der Waals surface area contributed by atoms with Crippen LogP contribution in [0.25, 0.3) is 0 Å². The lowest BCUT2D eigenvalue weighted by molar-refractivity contribution is -0.130. The molecule has 0 amide bonds. The molecule has 2 nitrogen and oxygen atoms in total. The molecule has 0 saturated heterocycles. The van der Waals surface area contributed by atoms with Gasteiger partial charge in [-0.2, -0.15) is 8.78 Å². The number of rotatable bonds is 0. The summed E-state index contributed by atoms with van der Waals surface area (Å²) in [6, 6.07) is 2.75. The molecule has 3 atom stereocenters. The van der Waals surface area contributed by atoms with Gasteiger partial charge in [-0.15, -0.1) is 0 Å². The van der Waals surface area contributed by atoms with E-state index in [0.29, 0.717) is 5.56 Å². The van der Waals surface area contributed by atoms with Crippen LogP contribution in [0.5, 0.6) is 0 Å². The highest BCUT2D eigenvalue weighted by molar-refractivity contribution is 7.86. The second-order valence-corrected chi connectivity index (χ2v) is 5.98. The van der Waals surface area contributed by atoms with Crippen molar-refractivity contribution >= 4 is 10.8 Å². The number of hydrogen-bond donors (Lipinski definition) is 1. The third-order valence-electron chi connectivity index (χ3n) is 3.54. The molecule has 3 unspecified atom stereocenters. The highest BCUT2D eigenvalue weighted by atomic mass is 32.2. The summed E-state index contributed by atoms with van der Waals surface area (Å²) in [4.78, 5) is -0.141. The normalized spacial score (nSPS) is 37.2. The summed E-state index contributed by atoms with van der Waals surface area (Å²) >= 11 is 0. The van der Waals surface area contributed by atoms with Gasteiger partial charge in [-0.1, -0.05) is 6.07 Å². The average Bonchev–Trinajstić information content (AvgIpc) is 2.59. The van der Waals surface area contributed by atoms with Crippen molar-refractivity contribution in [2.24, 2.45) is 0 Å². The van der Waals surface area contributed by atoms with Gasteiger partial charge in [-0.05, 0) is 24.1 Å². The van der Waals surface area contributed by atoms with E-state index in [1.807, 2.05) is 0 Å². The Bertz CT molecular complexity index is 558. The molecule has 92 valence electrons. The van der Waals surface area contributed by atoms with Crippen LogP contribution < -0.4 is 0 Å². The van der Waals surface area contributed by atoms with E-state index < -0.39 is 34.2 Å². The highest BCUT2D eigenvalue weighted by Crippen LogP contribution is 2.61. The third kappa shape index (κ3) is 1.04. The van der Waals surface area contributed by atoms with Crippen molar-refractivity contribution in [3.8, 4) is 0 Å². The van der Waals surface area contributed by atoms with Crippen LogP contribution in [0, 0.1) is 6.92 Å². The number of aliphatic hydroxyl groups is 1. The van der Waals surface area contributed by atoms with Crippen molar-refractivity contribution in [1.29, 1.82) is 0 Å². The zero-order valence-electron chi connectivity index (χ0n) is 8.84. The monoisotopic (exact) mass is 262 g/mol. The molecule has 0 saturated carbocycles. The molecule has 1 aromatic carbocycles. The first-order valence-electron chi connectivity index (χ1n) is 5.11. The standard InChI is InChI=1S/C11H9F3O2S/c1-5-2-3-7-9-8(5)6(12)4-10(9,15)11(13,14)17(7)16/h2-3,6,15H,4H2,1H3. The van der Waals surface area contributed by atoms with Crippen LogP contribution in [0.1, 0.15) is 29.3 Å². The summed E-state index contributed by atoms with van der Waals surface area (Å²) in [6.07, 6.45) is -2.35. The van der Waals surface area contributed by atoms with E-state index >= 15 is 0 Å². The van der Waals surface area contributed by atoms with Crippen LogP contribution in [0.15, 0.2) is 17.0 Å². The Morgan fingerprint density at radius 1 is 1.47 bits per heavy atom. The Hall–Kier alpha value is -0.880. The van der Waals surface area contributed by atoms with Gasteiger partial charge in [-0.3, -0.25) is 0 Å². The number of benzene rings is 1. The van der Waals surface area contributed by atoms with Crippen LogP contribution in [0.3, 0.4) is 0 Å². The molecule has 0 bridgehead atoms. The van der Waals surface area contributed by atoms with Gasteiger partial charge >= 0.3 is 5.25 Å². The van der Waals surface area contributed by atoms with Crippen LogP contribution in [-0.4, -0.2) is 14.6 Å². The molecular formula is C11H9F3O2S. The van der Waals surface area contributed by atoms with E-state index in [2.05, 4.69) is 0 Å². The Morgan fingerprint density at radius 2 is 2.12 bits per heavy atom. The molecule has 1 N–H and O–H groups in total. The smallest absolute Gasteiger partial charge is 0.357 e. The van der Waals surface area contributed by atoms with E-state index in [1.54, 1.807) is 6.92 Å². The molecular weight excluding hydrogens is 253 g/mol. The third-order valence-corrected chi connectivity index (χ3v) is 5.08. The first-order valence-corrected chi connectivity index (χ1v) is 6.26. The quantitative estimate of drug-likeness (QED) is 0.779. The first kappa shape index (κ1) is 11.2. The van der Waals surface area contributed by atoms with Gasteiger partial charge in [0.15, 0.2) is 5.60 Å². The van der Waals surface area contributed by atoms with E-state index in [1.165, 1.54) is 12.1 Å². The SMILES string of the molecule is Cc1ccc2c3c1C(F)CC3(O)C(F)(F)S2=O. The number of hydrogen-bond acceptors (Lipinski definition) is 2. The molecule has 0 radical (unpaired) electrons. The average molecular weight is 262 g/mol. The molecule has 1 aromatic rings. The maximum Gasteiger partial charge on any atom is 0.357 e. The number of aryl methyl sites for hydroxylation is 1. The summed E-state index contributed by atoms with van der Waals surface area (Å²) < 4.78 is 53.0. The number of halogens is 3. The lowest BCUT2D eigenvalue weighted by Gasteiger charge is -2.25. The van der Waals surface area contributed by atoms with E-state index in [4.69, 9.17) is 0 Å². The Balaban J connectivity index is 2.43. The molecule has 1 aliphatic heterocycles. The van der Waals surface area contributed by atoms with E-state index in [9.17, 15) is 22.5 Å². The fraction of sp³-hybridized carbons (Fsp3) is 0.455. The maximum atomic E-state index is 13.8. The summed E-state index contributed by atoms with van der Waals surface area (Å²) in [5.41, 5.74) is -2.20. The topological polar surface area (TPSA) is 37.3 Å². The Kier molecular flexibility index (Phi) is 1.93. The molecule has 1 aliphatic carbocycles. The van der Waals surface area contributed by atoms with Gasteiger partial charge in [0.05, 0.1) is 4.90 Å². The van der Waals surface area contributed by atoms with E-state index in [0.717, 1.165) is 0 Å². The van der Waals surface area contributed by atoms with Crippen molar-refractivity contribution in [2.45, 2.75) is 35.3 Å². The molecule has 1 heterocycles. The van der Waals surface area contributed by atoms with Crippen LogP contribution in [-0.2, 0) is 16.4 Å². The lowest BCUT2D eigenvalue weighted by atomic mass is 9.95. The summed E-state index contributed by atoms with van der Waals surface area (Å²) in [7, 11) is -2.61. The van der Waals surface area contributed by atoms with Crippen molar-refractivity contribution in [2.75, 3.05) is 0 Å². The van der Waals surface area contributed by atoms with Gasteiger partial charge < -0.3 is 5.11 Å². The van der Waals surface area contributed by atoms with Gasteiger partial charge in [0.2, 0.25) is 0 Å². The Labute approximate surface area is 97.9 Å². The van der Waals surface area contributed by atoms with Gasteiger partial charge in [0.25, 0.3) is 0 Å². The lowest BCUT2D eigenvalue weighted by Crippen LogP contribution is -2.41. The molecule has 0 spiro atoms. The fourth-order valence-corrected chi connectivity index (χ4v) is 4.13. The predicted molar refractivity (Wildman–Crippen MR) is 54.9 cm³/mol.